The van der Waals surface area contributed by atoms with Crippen LogP contribution in [0.25, 0.3) is 0 Å². The van der Waals surface area contributed by atoms with E-state index in [1.54, 1.807) is 17.8 Å². The topological polar surface area (TPSA) is 55.1 Å². The van der Waals surface area contributed by atoms with Crippen molar-refractivity contribution in [2.45, 2.75) is 16.3 Å². The lowest BCUT2D eigenvalue weighted by molar-refractivity contribution is 0.1000. The fraction of sp³-hybridized carbons (Fsp3) is 0.0714. The molecule has 3 nitrogen and oxygen atoms in total. The van der Waals surface area contributed by atoms with Gasteiger partial charge in [0.1, 0.15) is 0 Å². The number of amides is 1. The van der Waals surface area contributed by atoms with Gasteiger partial charge in [-0.1, -0.05) is 30.0 Å². The molecule has 1 amide bonds. The van der Waals surface area contributed by atoms with Gasteiger partial charge in [0.25, 0.3) is 0 Å². The number of anilines is 1. The third-order valence-electron chi connectivity index (χ3n) is 2.93. The highest BCUT2D eigenvalue weighted by atomic mass is 32.2. The molecule has 0 unspecified atom stereocenters. The van der Waals surface area contributed by atoms with Gasteiger partial charge in [-0.05, 0) is 29.8 Å². The van der Waals surface area contributed by atoms with Gasteiger partial charge in [-0.3, -0.25) is 4.79 Å². The first-order chi connectivity index (χ1) is 8.74. The fourth-order valence-electron chi connectivity index (χ4n) is 1.96. The maximum absolute atomic E-state index is 11.2. The molecule has 2 aromatic carbocycles. The summed E-state index contributed by atoms with van der Waals surface area (Å²) < 4.78 is 0. The zero-order valence-electron chi connectivity index (χ0n) is 9.64. The molecule has 1 aliphatic heterocycles. The molecule has 1 aliphatic rings. The predicted octanol–water partition coefficient (Wildman–Crippen LogP) is 2.86. The number of nitrogens with two attached hydrogens (primary N) is 1. The van der Waals surface area contributed by atoms with Crippen LogP contribution >= 0.6 is 11.8 Å². The zero-order valence-corrected chi connectivity index (χ0v) is 10.5. The van der Waals surface area contributed by atoms with E-state index in [9.17, 15) is 4.79 Å². The number of primary amides is 1. The molecular weight excluding hydrogens is 244 g/mol. The van der Waals surface area contributed by atoms with Gasteiger partial charge in [0.2, 0.25) is 5.91 Å². The molecule has 0 bridgehead atoms. The van der Waals surface area contributed by atoms with Gasteiger partial charge in [0.15, 0.2) is 0 Å². The van der Waals surface area contributed by atoms with E-state index in [4.69, 9.17) is 5.73 Å². The van der Waals surface area contributed by atoms with E-state index in [-0.39, 0.29) is 0 Å². The molecule has 2 aromatic rings. The average Bonchev–Trinajstić information content (AvgIpc) is 2.56. The number of carbonyl (C=O) groups excluding carboxylic acids is 1. The van der Waals surface area contributed by atoms with Crippen molar-refractivity contribution in [3.8, 4) is 0 Å². The van der Waals surface area contributed by atoms with Crippen LogP contribution in [-0.4, -0.2) is 5.91 Å². The predicted molar refractivity (Wildman–Crippen MR) is 72.9 cm³/mol. The lowest BCUT2D eigenvalue weighted by Crippen LogP contribution is -2.11. The van der Waals surface area contributed by atoms with Gasteiger partial charge >= 0.3 is 0 Å². The number of rotatable bonds is 1. The maximum Gasteiger partial charge on any atom is 0.248 e. The number of nitrogens with one attached hydrogen (secondary N) is 1. The molecule has 90 valence electrons. The summed E-state index contributed by atoms with van der Waals surface area (Å²) in [5.74, 6) is -0.393. The van der Waals surface area contributed by atoms with Crippen molar-refractivity contribution in [1.29, 1.82) is 0 Å². The SMILES string of the molecule is NC(=O)c1ccc2c(c1)Sc1ccccc1CN2. The van der Waals surface area contributed by atoms with Gasteiger partial charge in [-0.15, -0.1) is 0 Å². The standard InChI is InChI=1S/C14H12N2OS/c15-14(17)9-5-6-11-13(7-9)18-12-4-2-1-3-10(12)8-16-11/h1-7,16H,8H2,(H2,15,17). The Bertz CT molecular complexity index is 625. The van der Waals surface area contributed by atoms with Crippen LogP contribution in [0.4, 0.5) is 5.69 Å². The quantitative estimate of drug-likeness (QED) is 0.825. The Labute approximate surface area is 109 Å². The number of hydrogen-bond donors (Lipinski definition) is 2. The van der Waals surface area contributed by atoms with Gasteiger partial charge in [-0.2, -0.15) is 0 Å². The second-order valence-corrected chi connectivity index (χ2v) is 5.22. The van der Waals surface area contributed by atoms with Crippen LogP contribution in [-0.2, 0) is 6.54 Å². The van der Waals surface area contributed by atoms with E-state index in [2.05, 4.69) is 17.4 Å². The van der Waals surface area contributed by atoms with E-state index in [1.165, 1.54) is 10.5 Å². The second-order valence-electron chi connectivity index (χ2n) is 4.14. The normalized spacial score (nSPS) is 12.9. The summed E-state index contributed by atoms with van der Waals surface area (Å²) in [5, 5.41) is 3.37. The molecule has 0 saturated carbocycles. The highest BCUT2D eigenvalue weighted by Gasteiger charge is 2.14. The Morgan fingerprint density at radius 2 is 2.00 bits per heavy atom. The number of fused-ring (bicyclic) bond motifs is 2. The first-order valence-corrected chi connectivity index (χ1v) is 6.49. The van der Waals surface area contributed by atoms with Gasteiger partial charge in [0, 0.05) is 27.6 Å². The minimum Gasteiger partial charge on any atom is -0.380 e. The van der Waals surface area contributed by atoms with Gasteiger partial charge in [0.05, 0.1) is 0 Å². The Morgan fingerprint density at radius 3 is 2.83 bits per heavy atom. The molecule has 0 saturated heterocycles. The Kier molecular flexibility index (Phi) is 2.72. The molecule has 18 heavy (non-hydrogen) atoms. The average molecular weight is 256 g/mol. The molecule has 0 radical (unpaired) electrons. The minimum atomic E-state index is -0.393. The molecule has 0 atom stereocenters. The number of carbonyl (C=O) groups is 1. The lowest BCUT2D eigenvalue weighted by Gasteiger charge is -2.07. The first kappa shape index (κ1) is 11.2. The van der Waals surface area contributed by atoms with E-state index in [0.29, 0.717) is 5.56 Å². The van der Waals surface area contributed by atoms with Crippen LogP contribution in [0.15, 0.2) is 52.3 Å². The van der Waals surface area contributed by atoms with Crippen LogP contribution in [0.3, 0.4) is 0 Å². The van der Waals surface area contributed by atoms with Crippen LogP contribution < -0.4 is 11.1 Å². The molecule has 0 aromatic heterocycles. The molecule has 4 heteroatoms. The third-order valence-corrected chi connectivity index (χ3v) is 4.10. The second kappa shape index (κ2) is 4.38. The first-order valence-electron chi connectivity index (χ1n) is 5.67. The summed E-state index contributed by atoms with van der Waals surface area (Å²) >= 11 is 1.66. The molecule has 0 spiro atoms. The van der Waals surface area contributed by atoms with Crippen molar-refractivity contribution in [3.63, 3.8) is 0 Å². The Morgan fingerprint density at radius 1 is 1.17 bits per heavy atom. The van der Waals surface area contributed by atoms with E-state index < -0.39 is 5.91 Å². The number of benzene rings is 2. The number of hydrogen-bond acceptors (Lipinski definition) is 3. The van der Waals surface area contributed by atoms with Crippen LogP contribution in [0, 0.1) is 0 Å². The molecule has 3 N–H and O–H groups in total. The molecule has 0 aliphatic carbocycles. The van der Waals surface area contributed by atoms with Crippen LogP contribution in [0.2, 0.25) is 0 Å². The van der Waals surface area contributed by atoms with Crippen molar-refractivity contribution in [3.05, 3.63) is 53.6 Å². The summed E-state index contributed by atoms with van der Waals surface area (Å²) in [4.78, 5) is 13.5. The summed E-state index contributed by atoms with van der Waals surface area (Å²) in [6.45, 7) is 0.798. The molecule has 1 heterocycles. The Hall–Kier alpha value is -1.94. The summed E-state index contributed by atoms with van der Waals surface area (Å²) in [6.07, 6.45) is 0. The van der Waals surface area contributed by atoms with Crippen LogP contribution in [0.1, 0.15) is 15.9 Å². The molecule has 0 fully saturated rings. The Balaban J connectivity index is 2.07. The minimum absolute atomic E-state index is 0.393. The highest BCUT2D eigenvalue weighted by molar-refractivity contribution is 7.99. The molecule has 3 rings (SSSR count). The van der Waals surface area contributed by atoms with E-state index >= 15 is 0 Å². The summed E-state index contributed by atoms with van der Waals surface area (Å²) in [5.41, 5.74) is 8.16. The van der Waals surface area contributed by atoms with E-state index in [0.717, 1.165) is 17.1 Å². The summed E-state index contributed by atoms with van der Waals surface area (Å²) in [7, 11) is 0. The van der Waals surface area contributed by atoms with Crippen molar-refractivity contribution in [1.82, 2.24) is 0 Å². The van der Waals surface area contributed by atoms with E-state index in [1.807, 2.05) is 24.3 Å². The summed E-state index contributed by atoms with van der Waals surface area (Å²) in [6, 6.07) is 13.8. The monoisotopic (exact) mass is 256 g/mol. The van der Waals surface area contributed by atoms with Crippen molar-refractivity contribution >= 4 is 23.4 Å². The smallest absolute Gasteiger partial charge is 0.248 e. The van der Waals surface area contributed by atoms with Crippen molar-refractivity contribution in [2.75, 3.05) is 5.32 Å². The third kappa shape index (κ3) is 1.95. The fourth-order valence-corrected chi connectivity index (χ4v) is 3.06. The maximum atomic E-state index is 11.2. The largest absolute Gasteiger partial charge is 0.380 e. The molecular formula is C14H12N2OS. The van der Waals surface area contributed by atoms with Crippen molar-refractivity contribution < 1.29 is 4.79 Å². The van der Waals surface area contributed by atoms with Gasteiger partial charge < -0.3 is 11.1 Å². The lowest BCUT2D eigenvalue weighted by atomic mass is 10.2. The van der Waals surface area contributed by atoms with Crippen LogP contribution in [0.5, 0.6) is 0 Å². The van der Waals surface area contributed by atoms with Gasteiger partial charge in [-0.25, -0.2) is 0 Å². The van der Waals surface area contributed by atoms with Crippen molar-refractivity contribution in [2.24, 2.45) is 5.73 Å². The highest BCUT2D eigenvalue weighted by Crippen LogP contribution is 2.38. The zero-order chi connectivity index (χ0) is 12.5.